The Labute approximate surface area is 224 Å². The van der Waals surface area contributed by atoms with Crippen LogP contribution in [0.5, 0.6) is 5.88 Å². The van der Waals surface area contributed by atoms with Gasteiger partial charge in [0, 0.05) is 61.4 Å². The number of pyridine rings is 1. The first-order chi connectivity index (χ1) is 18.1. The smallest absolute Gasteiger partial charge is 0.244 e. The number of halogens is 1. The molecule has 1 aliphatic heterocycles. The van der Waals surface area contributed by atoms with E-state index < -0.39 is 10.0 Å². The molecular weight excluding hydrogens is 505 g/mol. The summed E-state index contributed by atoms with van der Waals surface area (Å²) in [7, 11) is -2.27. The number of ether oxygens (including phenoxy) is 1. The highest BCUT2D eigenvalue weighted by atomic mass is 32.2. The van der Waals surface area contributed by atoms with Gasteiger partial charge in [-0.15, -0.1) is 0 Å². The summed E-state index contributed by atoms with van der Waals surface area (Å²) in [5, 5.41) is 11.3. The van der Waals surface area contributed by atoms with Gasteiger partial charge < -0.3 is 15.5 Å². The molecule has 0 spiro atoms. The van der Waals surface area contributed by atoms with E-state index in [4.69, 9.17) is 10.1 Å². The van der Waals surface area contributed by atoms with E-state index in [9.17, 15) is 12.8 Å². The van der Waals surface area contributed by atoms with Crippen LogP contribution in [0.4, 0.5) is 15.8 Å². The molecule has 8 nitrogen and oxygen atoms in total. The van der Waals surface area contributed by atoms with Gasteiger partial charge >= 0.3 is 0 Å². The van der Waals surface area contributed by atoms with Crippen molar-refractivity contribution in [2.24, 2.45) is 5.92 Å². The van der Waals surface area contributed by atoms with Crippen molar-refractivity contribution in [1.29, 1.82) is 5.41 Å². The summed E-state index contributed by atoms with van der Waals surface area (Å²) in [6.45, 7) is 8.34. The molecule has 2 N–H and O–H groups in total. The largest absolute Gasteiger partial charge is 0.481 e. The van der Waals surface area contributed by atoms with Gasteiger partial charge in [-0.05, 0) is 66.4 Å². The third-order valence-corrected chi connectivity index (χ3v) is 8.53. The van der Waals surface area contributed by atoms with E-state index in [0.29, 0.717) is 36.1 Å². The van der Waals surface area contributed by atoms with E-state index in [0.717, 1.165) is 23.4 Å². The first-order valence-corrected chi connectivity index (χ1v) is 14.0. The van der Waals surface area contributed by atoms with Crippen LogP contribution >= 0.6 is 0 Å². The van der Waals surface area contributed by atoms with Crippen molar-refractivity contribution >= 4 is 27.6 Å². The molecule has 0 radical (unpaired) electrons. The Hall–Kier alpha value is -3.34. The van der Waals surface area contributed by atoms with Gasteiger partial charge in [0.2, 0.25) is 15.9 Å². The standard InChI is InChI=1S/C28H34FN5O3S/c1-19(2)17-33-11-12-34(38(35,36)24-9-10-28(37-4)31-16-24)18-27(33)25-14-21(15-30)26(13-20(25)3)32-23-7-5-22(29)6-8-23/h5-10,13-16,19,27,30,32H,11-12,17-18H2,1-4H3/t27-/m1/s1. The fourth-order valence-electron chi connectivity index (χ4n) is 4.80. The van der Waals surface area contributed by atoms with Crippen LogP contribution in [0.1, 0.15) is 36.6 Å². The highest BCUT2D eigenvalue weighted by Crippen LogP contribution is 2.34. The van der Waals surface area contributed by atoms with Crippen molar-refractivity contribution in [2.75, 3.05) is 38.6 Å². The maximum atomic E-state index is 13.5. The Morgan fingerprint density at radius 2 is 1.92 bits per heavy atom. The molecule has 1 atom stereocenters. The van der Waals surface area contributed by atoms with Crippen molar-refractivity contribution in [3.05, 3.63) is 77.2 Å². The van der Waals surface area contributed by atoms with Gasteiger partial charge in [0.25, 0.3) is 0 Å². The number of piperazine rings is 1. The summed E-state index contributed by atoms with van der Waals surface area (Å²) < 4.78 is 47.0. The number of benzene rings is 2. The molecule has 2 heterocycles. The van der Waals surface area contributed by atoms with Gasteiger partial charge in [-0.3, -0.25) is 4.90 Å². The second kappa shape index (κ2) is 11.6. The van der Waals surface area contributed by atoms with Gasteiger partial charge in [-0.1, -0.05) is 13.8 Å². The molecule has 1 fully saturated rings. The zero-order chi connectivity index (χ0) is 27.4. The second-order valence-electron chi connectivity index (χ2n) is 9.88. The summed E-state index contributed by atoms with van der Waals surface area (Å²) in [5.41, 5.74) is 4.06. The lowest BCUT2D eigenvalue weighted by Crippen LogP contribution is -2.51. The van der Waals surface area contributed by atoms with Gasteiger partial charge in [0.1, 0.15) is 10.7 Å². The summed E-state index contributed by atoms with van der Waals surface area (Å²) in [6, 6.07) is 12.9. The monoisotopic (exact) mass is 539 g/mol. The van der Waals surface area contributed by atoms with Crippen molar-refractivity contribution in [3.63, 3.8) is 0 Å². The maximum absolute atomic E-state index is 13.5. The van der Waals surface area contributed by atoms with Crippen LogP contribution in [-0.2, 0) is 10.0 Å². The van der Waals surface area contributed by atoms with E-state index in [-0.39, 0.29) is 23.3 Å². The molecule has 0 unspecified atom stereocenters. The number of rotatable bonds is 9. The minimum absolute atomic E-state index is 0.130. The lowest BCUT2D eigenvalue weighted by Gasteiger charge is -2.42. The fraction of sp³-hybridized carbons (Fsp3) is 0.357. The van der Waals surface area contributed by atoms with Crippen LogP contribution in [0.15, 0.2) is 59.6 Å². The Morgan fingerprint density at radius 3 is 2.53 bits per heavy atom. The number of anilines is 2. The van der Waals surface area contributed by atoms with Crippen molar-refractivity contribution in [1.82, 2.24) is 14.2 Å². The minimum Gasteiger partial charge on any atom is -0.481 e. The molecule has 1 saturated heterocycles. The normalized spacial score (nSPS) is 16.9. The molecule has 3 aromatic rings. The quantitative estimate of drug-likeness (QED) is 0.372. The highest BCUT2D eigenvalue weighted by molar-refractivity contribution is 7.89. The zero-order valence-electron chi connectivity index (χ0n) is 22.1. The van der Waals surface area contributed by atoms with Crippen molar-refractivity contribution in [3.8, 4) is 5.88 Å². The average Bonchev–Trinajstić information content (AvgIpc) is 2.90. The van der Waals surface area contributed by atoms with Gasteiger partial charge in [-0.25, -0.2) is 17.8 Å². The molecular formula is C28H34FN5O3S. The van der Waals surface area contributed by atoms with Gasteiger partial charge in [0.15, 0.2) is 0 Å². The summed E-state index contributed by atoms with van der Waals surface area (Å²) in [5.74, 6) is 0.433. The highest BCUT2D eigenvalue weighted by Gasteiger charge is 2.36. The first kappa shape index (κ1) is 27.7. The number of nitrogens with one attached hydrogen (secondary N) is 2. The molecule has 202 valence electrons. The maximum Gasteiger partial charge on any atom is 0.244 e. The molecule has 38 heavy (non-hydrogen) atoms. The van der Waals surface area contributed by atoms with E-state index >= 15 is 0 Å². The lowest BCUT2D eigenvalue weighted by atomic mass is 9.94. The predicted molar refractivity (Wildman–Crippen MR) is 147 cm³/mol. The average molecular weight is 540 g/mol. The molecule has 0 bridgehead atoms. The molecule has 1 aliphatic rings. The third-order valence-electron chi connectivity index (χ3n) is 6.69. The van der Waals surface area contributed by atoms with Crippen LogP contribution in [0, 0.1) is 24.1 Å². The third kappa shape index (κ3) is 6.03. The molecule has 0 aliphatic carbocycles. The zero-order valence-corrected chi connectivity index (χ0v) is 22.9. The van der Waals surface area contributed by atoms with E-state index in [2.05, 4.69) is 29.0 Å². The Balaban J connectivity index is 1.68. The molecule has 2 aromatic carbocycles. The number of aromatic nitrogens is 1. The molecule has 0 saturated carbocycles. The van der Waals surface area contributed by atoms with E-state index in [1.807, 2.05) is 19.1 Å². The second-order valence-corrected chi connectivity index (χ2v) is 11.8. The Kier molecular flexibility index (Phi) is 8.44. The van der Waals surface area contributed by atoms with Crippen molar-refractivity contribution < 1.29 is 17.5 Å². The van der Waals surface area contributed by atoms with E-state index in [1.165, 1.54) is 42.0 Å². The fourth-order valence-corrected chi connectivity index (χ4v) is 6.19. The Morgan fingerprint density at radius 1 is 1.18 bits per heavy atom. The SMILES string of the molecule is COc1ccc(S(=O)(=O)N2CCN(CC(C)C)[C@@H](c3cc(C=N)c(Nc4ccc(F)cc4)cc3C)C2)cn1. The van der Waals surface area contributed by atoms with Gasteiger partial charge in [0.05, 0.1) is 13.3 Å². The molecule has 1 aromatic heterocycles. The summed E-state index contributed by atoms with van der Waals surface area (Å²) >= 11 is 0. The molecule has 4 rings (SSSR count). The number of hydrogen-bond donors (Lipinski definition) is 2. The topological polar surface area (TPSA) is 98.6 Å². The number of methoxy groups -OCH3 is 1. The van der Waals surface area contributed by atoms with Crippen LogP contribution in [-0.4, -0.2) is 62.1 Å². The van der Waals surface area contributed by atoms with Crippen molar-refractivity contribution in [2.45, 2.75) is 31.7 Å². The summed E-state index contributed by atoms with van der Waals surface area (Å²) in [6.07, 6.45) is 2.61. The van der Waals surface area contributed by atoms with Crippen LogP contribution in [0.25, 0.3) is 0 Å². The van der Waals surface area contributed by atoms with Crippen LogP contribution < -0.4 is 10.1 Å². The summed E-state index contributed by atoms with van der Waals surface area (Å²) in [4.78, 5) is 6.54. The minimum atomic E-state index is -3.76. The number of nitrogens with zero attached hydrogens (tertiary/aromatic N) is 3. The van der Waals surface area contributed by atoms with Crippen LogP contribution in [0.2, 0.25) is 0 Å². The number of aryl methyl sites for hydroxylation is 1. The predicted octanol–water partition coefficient (Wildman–Crippen LogP) is 4.98. The Bertz CT molecular complexity index is 1380. The van der Waals surface area contributed by atoms with Crippen LogP contribution in [0.3, 0.4) is 0 Å². The number of sulfonamides is 1. The van der Waals surface area contributed by atoms with E-state index in [1.54, 1.807) is 18.2 Å². The molecule has 0 amide bonds. The molecule has 10 heteroatoms. The first-order valence-electron chi connectivity index (χ1n) is 12.5. The lowest BCUT2D eigenvalue weighted by molar-refractivity contribution is 0.105. The number of hydrogen-bond acceptors (Lipinski definition) is 7. The van der Waals surface area contributed by atoms with Gasteiger partial charge in [-0.2, -0.15) is 4.31 Å².